The van der Waals surface area contributed by atoms with Crippen LogP contribution in [0.1, 0.15) is 19.3 Å². The van der Waals surface area contributed by atoms with E-state index in [2.05, 4.69) is 28.5 Å². The summed E-state index contributed by atoms with van der Waals surface area (Å²) in [4.78, 5) is 9.45. The van der Waals surface area contributed by atoms with Gasteiger partial charge in [0, 0.05) is 24.1 Å². The Morgan fingerprint density at radius 3 is 2.46 bits per heavy atom. The van der Waals surface area contributed by atoms with E-state index in [1.54, 1.807) is 0 Å². The zero-order chi connectivity index (χ0) is 16.4. The third-order valence-electron chi connectivity index (χ3n) is 4.87. The first-order valence-electron chi connectivity index (χ1n) is 8.47. The van der Waals surface area contributed by atoms with Crippen LogP contribution in [0.3, 0.4) is 0 Å². The van der Waals surface area contributed by atoms with Crippen LogP contribution in [0.4, 0.5) is 5.95 Å². The van der Waals surface area contributed by atoms with Crippen LogP contribution in [0.25, 0.3) is 22.2 Å². The summed E-state index contributed by atoms with van der Waals surface area (Å²) in [7, 11) is 0. The van der Waals surface area contributed by atoms with Gasteiger partial charge in [-0.15, -0.1) is 0 Å². The topological polar surface area (TPSA) is 58.0 Å². The van der Waals surface area contributed by atoms with Crippen molar-refractivity contribution < 1.29 is 5.11 Å². The quantitative estimate of drug-likeness (QED) is 0.724. The van der Waals surface area contributed by atoms with Gasteiger partial charge in [-0.3, -0.25) is 0 Å². The molecular formula is C20H21N3O. The molecule has 0 aliphatic heterocycles. The van der Waals surface area contributed by atoms with Crippen LogP contribution >= 0.6 is 0 Å². The normalized spacial score (nSPS) is 15.4. The van der Waals surface area contributed by atoms with Crippen LogP contribution in [0, 0.1) is 5.41 Å². The lowest BCUT2D eigenvalue weighted by Gasteiger charge is -2.15. The minimum Gasteiger partial charge on any atom is -0.396 e. The van der Waals surface area contributed by atoms with Crippen LogP contribution in [0.2, 0.25) is 0 Å². The molecule has 0 radical (unpaired) electrons. The van der Waals surface area contributed by atoms with E-state index in [0.717, 1.165) is 35.1 Å². The van der Waals surface area contributed by atoms with Gasteiger partial charge in [0.1, 0.15) is 0 Å². The third-order valence-corrected chi connectivity index (χ3v) is 4.87. The molecule has 0 unspecified atom stereocenters. The standard InChI is InChI=1S/C20H21N3O/c24-13-12-20(10-11-20)14-21-19-22-17-9-5-4-8-16(17)18(23-19)15-6-2-1-3-7-15/h1-9,24H,10-14H2,(H,21,22,23). The number of hydrogen-bond acceptors (Lipinski definition) is 4. The largest absolute Gasteiger partial charge is 0.396 e. The Kier molecular flexibility index (Phi) is 3.90. The molecule has 2 aromatic carbocycles. The van der Waals surface area contributed by atoms with Gasteiger partial charge in [0.15, 0.2) is 0 Å². The van der Waals surface area contributed by atoms with Gasteiger partial charge in [-0.25, -0.2) is 9.97 Å². The maximum Gasteiger partial charge on any atom is 0.223 e. The van der Waals surface area contributed by atoms with E-state index in [4.69, 9.17) is 4.98 Å². The Hall–Kier alpha value is -2.46. The Balaban J connectivity index is 1.69. The van der Waals surface area contributed by atoms with Gasteiger partial charge in [0.05, 0.1) is 11.2 Å². The molecule has 2 N–H and O–H groups in total. The van der Waals surface area contributed by atoms with Crippen molar-refractivity contribution >= 4 is 16.9 Å². The number of rotatable bonds is 6. The zero-order valence-electron chi connectivity index (χ0n) is 13.6. The molecule has 1 heterocycles. The summed E-state index contributed by atoms with van der Waals surface area (Å²) < 4.78 is 0. The highest BCUT2D eigenvalue weighted by molar-refractivity contribution is 5.93. The summed E-state index contributed by atoms with van der Waals surface area (Å²) in [5, 5.41) is 13.7. The molecule has 4 rings (SSSR count). The zero-order valence-corrected chi connectivity index (χ0v) is 13.6. The number of anilines is 1. The van der Waals surface area contributed by atoms with Crippen molar-refractivity contribution in [2.75, 3.05) is 18.5 Å². The van der Waals surface area contributed by atoms with Crippen LogP contribution in [-0.2, 0) is 0 Å². The van der Waals surface area contributed by atoms with E-state index in [1.807, 2.05) is 36.4 Å². The molecule has 0 saturated heterocycles. The molecule has 0 bridgehead atoms. The second-order valence-corrected chi connectivity index (χ2v) is 6.61. The summed E-state index contributed by atoms with van der Waals surface area (Å²) in [6.45, 7) is 1.07. The maximum atomic E-state index is 9.21. The highest BCUT2D eigenvalue weighted by Crippen LogP contribution is 2.48. The molecule has 1 fully saturated rings. The first kappa shape index (κ1) is 15.1. The molecule has 1 saturated carbocycles. The molecule has 24 heavy (non-hydrogen) atoms. The van der Waals surface area contributed by atoms with Crippen LogP contribution in [0.5, 0.6) is 0 Å². The van der Waals surface area contributed by atoms with Gasteiger partial charge in [-0.05, 0) is 30.7 Å². The van der Waals surface area contributed by atoms with Crippen LogP contribution < -0.4 is 5.32 Å². The van der Waals surface area contributed by atoms with Gasteiger partial charge >= 0.3 is 0 Å². The Morgan fingerprint density at radius 1 is 0.958 bits per heavy atom. The van der Waals surface area contributed by atoms with Crippen molar-refractivity contribution in [2.24, 2.45) is 5.41 Å². The summed E-state index contributed by atoms with van der Waals surface area (Å²) >= 11 is 0. The Bertz CT molecular complexity index is 844. The van der Waals surface area contributed by atoms with E-state index < -0.39 is 0 Å². The summed E-state index contributed by atoms with van der Waals surface area (Å²) in [6, 6.07) is 18.3. The van der Waals surface area contributed by atoms with Gasteiger partial charge in [-0.1, -0.05) is 48.5 Å². The molecule has 1 aromatic heterocycles. The minimum absolute atomic E-state index is 0.233. The van der Waals surface area contributed by atoms with Gasteiger partial charge in [0.2, 0.25) is 5.95 Å². The monoisotopic (exact) mass is 319 g/mol. The number of aliphatic hydroxyl groups excluding tert-OH is 1. The number of fused-ring (bicyclic) bond motifs is 1. The molecule has 0 amide bonds. The van der Waals surface area contributed by atoms with Crippen LogP contribution in [0.15, 0.2) is 54.6 Å². The summed E-state index contributed by atoms with van der Waals surface area (Å²) in [5.74, 6) is 0.664. The smallest absolute Gasteiger partial charge is 0.223 e. The third kappa shape index (κ3) is 2.97. The van der Waals surface area contributed by atoms with Crippen molar-refractivity contribution in [3.8, 4) is 11.3 Å². The number of hydrogen-bond donors (Lipinski definition) is 2. The lowest BCUT2D eigenvalue weighted by molar-refractivity contribution is 0.253. The van der Waals surface area contributed by atoms with Crippen molar-refractivity contribution in [1.29, 1.82) is 0 Å². The number of aromatic nitrogens is 2. The van der Waals surface area contributed by atoms with E-state index >= 15 is 0 Å². The Morgan fingerprint density at radius 2 is 1.71 bits per heavy atom. The van der Waals surface area contributed by atoms with Crippen molar-refractivity contribution in [2.45, 2.75) is 19.3 Å². The van der Waals surface area contributed by atoms with E-state index in [9.17, 15) is 5.11 Å². The van der Waals surface area contributed by atoms with E-state index in [0.29, 0.717) is 5.95 Å². The van der Waals surface area contributed by atoms with Gasteiger partial charge < -0.3 is 10.4 Å². The molecule has 0 atom stereocenters. The minimum atomic E-state index is 0.233. The number of para-hydroxylation sites is 1. The fourth-order valence-corrected chi connectivity index (χ4v) is 3.17. The summed E-state index contributed by atoms with van der Waals surface area (Å²) in [6.07, 6.45) is 3.18. The molecule has 1 aliphatic carbocycles. The predicted octanol–water partition coefficient (Wildman–Crippen LogP) is 3.87. The molecule has 0 spiro atoms. The first-order chi connectivity index (χ1) is 11.8. The van der Waals surface area contributed by atoms with Crippen LogP contribution in [-0.4, -0.2) is 28.2 Å². The average molecular weight is 319 g/mol. The van der Waals surface area contributed by atoms with Gasteiger partial charge in [-0.2, -0.15) is 0 Å². The fraction of sp³-hybridized carbons (Fsp3) is 0.300. The number of nitrogens with zero attached hydrogens (tertiary/aromatic N) is 2. The van der Waals surface area contributed by atoms with E-state index in [1.165, 1.54) is 12.8 Å². The van der Waals surface area contributed by atoms with E-state index in [-0.39, 0.29) is 12.0 Å². The number of aliphatic hydroxyl groups is 1. The molecule has 1 aliphatic rings. The second kappa shape index (κ2) is 6.21. The number of benzene rings is 2. The lowest BCUT2D eigenvalue weighted by atomic mass is 10.0. The predicted molar refractivity (Wildman–Crippen MR) is 96.8 cm³/mol. The fourth-order valence-electron chi connectivity index (χ4n) is 3.17. The molecular weight excluding hydrogens is 298 g/mol. The molecule has 122 valence electrons. The van der Waals surface area contributed by atoms with Crippen molar-refractivity contribution in [1.82, 2.24) is 9.97 Å². The number of nitrogens with one attached hydrogen (secondary N) is 1. The average Bonchev–Trinajstić information content (AvgIpc) is 3.40. The summed E-state index contributed by atoms with van der Waals surface area (Å²) in [5.41, 5.74) is 3.23. The van der Waals surface area contributed by atoms with Crippen molar-refractivity contribution in [3.05, 3.63) is 54.6 Å². The molecule has 4 nitrogen and oxygen atoms in total. The van der Waals surface area contributed by atoms with Gasteiger partial charge in [0.25, 0.3) is 0 Å². The highest BCUT2D eigenvalue weighted by atomic mass is 16.3. The SMILES string of the molecule is OCCC1(CNc2nc(-c3ccccc3)c3ccccc3n2)CC1. The molecule has 4 heteroatoms. The lowest BCUT2D eigenvalue weighted by Crippen LogP contribution is -2.18. The van der Waals surface area contributed by atoms with Crippen molar-refractivity contribution in [3.63, 3.8) is 0 Å². The highest BCUT2D eigenvalue weighted by Gasteiger charge is 2.41. The molecule has 3 aromatic rings. The second-order valence-electron chi connectivity index (χ2n) is 6.61. The first-order valence-corrected chi connectivity index (χ1v) is 8.47. The maximum absolute atomic E-state index is 9.21. The Labute approximate surface area is 141 Å².